The topological polar surface area (TPSA) is 76.3 Å². The Balaban J connectivity index is 1.53. The van der Waals surface area contributed by atoms with Gasteiger partial charge in [-0.05, 0) is 44.0 Å². The van der Waals surface area contributed by atoms with Crippen molar-refractivity contribution in [3.8, 4) is 0 Å². The molecule has 0 radical (unpaired) electrons. The van der Waals surface area contributed by atoms with Crippen LogP contribution in [0.1, 0.15) is 31.7 Å². The fraction of sp³-hybridized carbons (Fsp3) is 0.400. The molecule has 2 aromatic carbocycles. The molecule has 0 bridgehead atoms. The van der Waals surface area contributed by atoms with E-state index in [4.69, 9.17) is 0 Å². The van der Waals surface area contributed by atoms with E-state index in [-0.39, 0.29) is 12.5 Å². The lowest BCUT2D eigenvalue weighted by atomic mass is 10.0. The smallest absolute Gasteiger partial charge is 0.317 e. The van der Waals surface area contributed by atoms with Crippen LogP contribution in [0.5, 0.6) is 0 Å². The Morgan fingerprint density at radius 3 is 2.31 bits per heavy atom. The SMILES string of the molecule is CC1CCCCN1CCNC(=O)Cn1c(=O)c(=O)n(Cc2ccccc2)c2ccccc21. The van der Waals surface area contributed by atoms with Crippen LogP contribution >= 0.6 is 0 Å². The van der Waals surface area contributed by atoms with Crippen molar-refractivity contribution in [2.24, 2.45) is 0 Å². The van der Waals surface area contributed by atoms with Gasteiger partial charge in [-0.1, -0.05) is 48.9 Å². The quantitative estimate of drug-likeness (QED) is 0.579. The number of piperidine rings is 1. The lowest BCUT2D eigenvalue weighted by Gasteiger charge is -2.33. The molecule has 1 fully saturated rings. The maximum Gasteiger partial charge on any atom is 0.317 e. The van der Waals surface area contributed by atoms with Crippen LogP contribution in [0.3, 0.4) is 0 Å². The van der Waals surface area contributed by atoms with Gasteiger partial charge in [-0.15, -0.1) is 0 Å². The zero-order chi connectivity index (χ0) is 22.5. The number of nitrogens with zero attached hydrogens (tertiary/aromatic N) is 3. The first-order chi connectivity index (χ1) is 15.5. The largest absolute Gasteiger partial charge is 0.353 e. The molecule has 0 aliphatic carbocycles. The molecule has 32 heavy (non-hydrogen) atoms. The highest BCUT2D eigenvalue weighted by Crippen LogP contribution is 2.15. The van der Waals surface area contributed by atoms with Crippen LogP contribution in [0.4, 0.5) is 0 Å². The van der Waals surface area contributed by atoms with E-state index < -0.39 is 11.1 Å². The van der Waals surface area contributed by atoms with Gasteiger partial charge in [0.1, 0.15) is 6.54 Å². The summed E-state index contributed by atoms with van der Waals surface area (Å²) in [7, 11) is 0. The summed E-state index contributed by atoms with van der Waals surface area (Å²) in [5, 5.41) is 2.92. The predicted molar refractivity (Wildman–Crippen MR) is 126 cm³/mol. The highest BCUT2D eigenvalue weighted by atomic mass is 16.2. The Kier molecular flexibility index (Phi) is 6.85. The lowest BCUT2D eigenvalue weighted by molar-refractivity contribution is -0.121. The summed E-state index contributed by atoms with van der Waals surface area (Å²) < 4.78 is 2.77. The van der Waals surface area contributed by atoms with E-state index >= 15 is 0 Å². The van der Waals surface area contributed by atoms with Crippen molar-refractivity contribution in [2.45, 2.75) is 45.3 Å². The molecule has 0 spiro atoms. The number of rotatable bonds is 7. The van der Waals surface area contributed by atoms with Gasteiger partial charge < -0.3 is 5.32 Å². The summed E-state index contributed by atoms with van der Waals surface area (Å²) in [5.41, 5.74) is 0.840. The summed E-state index contributed by atoms with van der Waals surface area (Å²) in [6.07, 6.45) is 3.64. The van der Waals surface area contributed by atoms with Crippen LogP contribution < -0.4 is 16.4 Å². The normalized spacial score (nSPS) is 16.8. The average Bonchev–Trinajstić information content (AvgIpc) is 2.81. The number of hydrogen-bond donors (Lipinski definition) is 1. The van der Waals surface area contributed by atoms with Gasteiger partial charge in [-0.25, -0.2) is 0 Å². The number of para-hydroxylation sites is 2. The third kappa shape index (κ3) is 4.83. The fourth-order valence-corrected chi connectivity index (χ4v) is 4.48. The third-order valence-electron chi connectivity index (χ3n) is 6.28. The highest BCUT2D eigenvalue weighted by molar-refractivity contribution is 5.80. The number of carbonyl (C=O) groups is 1. The molecule has 3 aromatic rings. The molecule has 7 nitrogen and oxygen atoms in total. The van der Waals surface area contributed by atoms with E-state index in [2.05, 4.69) is 17.1 Å². The first-order valence-electron chi connectivity index (χ1n) is 11.3. The first-order valence-corrected chi connectivity index (χ1v) is 11.3. The molecule has 1 aliphatic rings. The Labute approximate surface area is 187 Å². The van der Waals surface area contributed by atoms with Gasteiger partial charge in [0.05, 0.1) is 17.6 Å². The minimum atomic E-state index is -0.681. The number of nitrogens with one attached hydrogen (secondary N) is 1. The van der Waals surface area contributed by atoms with Crippen molar-refractivity contribution in [1.82, 2.24) is 19.4 Å². The van der Waals surface area contributed by atoms with Gasteiger partial charge in [0.15, 0.2) is 0 Å². The Bertz CT molecular complexity index is 1200. The van der Waals surface area contributed by atoms with Crippen molar-refractivity contribution in [3.63, 3.8) is 0 Å². The van der Waals surface area contributed by atoms with E-state index in [0.717, 1.165) is 18.7 Å². The molecule has 1 N–H and O–H groups in total. The number of aromatic nitrogens is 2. The Morgan fingerprint density at radius 1 is 0.938 bits per heavy atom. The minimum absolute atomic E-state index is 0.170. The molecule has 168 valence electrons. The minimum Gasteiger partial charge on any atom is -0.353 e. The van der Waals surface area contributed by atoms with Crippen molar-refractivity contribution < 1.29 is 4.79 Å². The van der Waals surface area contributed by atoms with Crippen LogP contribution in [0.15, 0.2) is 64.2 Å². The average molecular weight is 435 g/mol. The summed E-state index contributed by atoms with van der Waals surface area (Å²) in [5.74, 6) is -0.262. The molecule has 1 saturated heterocycles. The Morgan fingerprint density at radius 2 is 1.59 bits per heavy atom. The van der Waals surface area contributed by atoms with E-state index in [0.29, 0.717) is 30.2 Å². The third-order valence-corrected chi connectivity index (χ3v) is 6.28. The molecule has 1 aromatic heterocycles. The van der Waals surface area contributed by atoms with Crippen molar-refractivity contribution in [3.05, 3.63) is 80.9 Å². The van der Waals surface area contributed by atoms with E-state index in [1.165, 1.54) is 28.4 Å². The number of fused-ring (bicyclic) bond motifs is 1. The molecule has 1 amide bonds. The van der Waals surface area contributed by atoms with Crippen LogP contribution in [0.25, 0.3) is 11.0 Å². The lowest BCUT2D eigenvalue weighted by Crippen LogP contribution is -2.45. The number of hydrogen-bond acceptors (Lipinski definition) is 4. The first kappa shape index (κ1) is 22.0. The Hall–Kier alpha value is -3.19. The molecule has 1 aliphatic heterocycles. The second kappa shape index (κ2) is 9.96. The fourth-order valence-electron chi connectivity index (χ4n) is 4.48. The summed E-state index contributed by atoms with van der Waals surface area (Å²) in [6, 6.07) is 17.3. The van der Waals surface area contributed by atoms with Crippen LogP contribution in [-0.2, 0) is 17.9 Å². The van der Waals surface area contributed by atoms with Gasteiger partial charge in [0.25, 0.3) is 0 Å². The predicted octanol–water partition coefficient (Wildman–Crippen LogP) is 2.20. The zero-order valence-corrected chi connectivity index (χ0v) is 18.5. The van der Waals surface area contributed by atoms with E-state index in [1.807, 2.05) is 48.5 Å². The van der Waals surface area contributed by atoms with Crippen molar-refractivity contribution in [1.29, 1.82) is 0 Å². The van der Waals surface area contributed by atoms with Gasteiger partial charge in [-0.3, -0.25) is 28.4 Å². The summed E-state index contributed by atoms with van der Waals surface area (Å²) in [4.78, 5) is 40.9. The molecule has 4 rings (SSSR count). The van der Waals surface area contributed by atoms with E-state index in [1.54, 1.807) is 6.07 Å². The zero-order valence-electron chi connectivity index (χ0n) is 18.5. The maximum atomic E-state index is 12.9. The standard InChI is InChI=1S/C25H30N4O3/c1-19-9-7-8-15-27(19)16-14-26-23(30)18-29-22-13-6-5-12-21(22)28(24(31)25(29)32)17-20-10-3-2-4-11-20/h2-6,10-13,19H,7-9,14-18H2,1H3,(H,26,30). The monoisotopic (exact) mass is 434 g/mol. The van der Waals surface area contributed by atoms with Gasteiger partial charge >= 0.3 is 11.1 Å². The van der Waals surface area contributed by atoms with Crippen molar-refractivity contribution in [2.75, 3.05) is 19.6 Å². The molecule has 7 heteroatoms. The molecule has 0 saturated carbocycles. The van der Waals surface area contributed by atoms with E-state index in [9.17, 15) is 14.4 Å². The number of likely N-dealkylation sites (tertiary alicyclic amines) is 1. The second-order valence-corrected chi connectivity index (χ2v) is 8.49. The number of carbonyl (C=O) groups excluding carboxylic acids is 1. The summed E-state index contributed by atoms with van der Waals surface area (Å²) in [6.45, 7) is 4.73. The van der Waals surface area contributed by atoms with Gasteiger partial charge in [0, 0.05) is 19.1 Å². The number of amides is 1. The van der Waals surface area contributed by atoms with Crippen LogP contribution in [-0.4, -0.2) is 45.6 Å². The number of benzene rings is 2. The molecule has 2 heterocycles. The van der Waals surface area contributed by atoms with Crippen LogP contribution in [0.2, 0.25) is 0 Å². The molecular weight excluding hydrogens is 404 g/mol. The maximum absolute atomic E-state index is 12.9. The molecular formula is C25H30N4O3. The summed E-state index contributed by atoms with van der Waals surface area (Å²) >= 11 is 0. The van der Waals surface area contributed by atoms with Gasteiger partial charge in [0.2, 0.25) is 5.91 Å². The van der Waals surface area contributed by atoms with Crippen molar-refractivity contribution >= 4 is 16.9 Å². The molecule has 1 unspecified atom stereocenters. The molecule has 1 atom stereocenters. The van der Waals surface area contributed by atoms with Crippen LogP contribution in [0, 0.1) is 0 Å². The highest BCUT2D eigenvalue weighted by Gasteiger charge is 2.18. The second-order valence-electron chi connectivity index (χ2n) is 8.49. The van der Waals surface area contributed by atoms with Gasteiger partial charge in [-0.2, -0.15) is 0 Å².